The number of aromatic nitrogens is 3. The predicted octanol–water partition coefficient (Wildman–Crippen LogP) is 4.01. The van der Waals surface area contributed by atoms with E-state index < -0.39 is 0 Å². The van der Waals surface area contributed by atoms with E-state index in [-0.39, 0.29) is 5.78 Å². The molecule has 0 atom stereocenters. The molecule has 2 aromatic heterocycles. The van der Waals surface area contributed by atoms with Gasteiger partial charge < -0.3 is 9.30 Å². The lowest BCUT2D eigenvalue weighted by Gasteiger charge is -2.07. The number of nitrogens with zero attached hydrogens (tertiary/aromatic N) is 3. The molecule has 0 fully saturated rings. The monoisotopic (exact) mass is 359 g/mol. The molecule has 3 rings (SSSR count). The summed E-state index contributed by atoms with van der Waals surface area (Å²) < 4.78 is 7.21. The number of hydrogen-bond donors (Lipinski definition) is 0. The zero-order chi connectivity index (χ0) is 16.9. The largest absolute Gasteiger partial charge is 0.497 e. The molecule has 24 heavy (non-hydrogen) atoms. The highest BCUT2D eigenvalue weighted by Crippen LogP contribution is 2.26. The second kappa shape index (κ2) is 7.63. The summed E-state index contributed by atoms with van der Waals surface area (Å²) in [7, 11) is 1.64. The van der Waals surface area contributed by atoms with E-state index in [9.17, 15) is 4.79 Å². The van der Waals surface area contributed by atoms with Gasteiger partial charge in [0.15, 0.2) is 16.8 Å². The molecule has 0 N–H and O–H groups in total. The second-order valence-electron chi connectivity index (χ2n) is 4.97. The van der Waals surface area contributed by atoms with Crippen LogP contribution in [-0.4, -0.2) is 33.4 Å². The van der Waals surface area contributed by atoms with Crippen molar-refractivity contribution in [2.45, 2.75) is 18.6 Å². The van der Waals surface area contributed by atoms with Crippen LogP contribution in [0.25, 0.3) is 11.4 Å². The van der Waals surface area contributed by atoms with Crippen molar-refractivity contribution < 1.29 is 9.53 Å². The molecule has 0 aliphatic heterocycles. The summed E-state index contributed by atoms with van der Waals surface area (Å²) >= 11 is 2.89. The first-order chi connectivity index (χ1) is 11.7. The molecule has 3 aromatic rings. The van der Waals surface area contributed by atoms with Gasteiger partial charge in [0, 0.05) is 12.1 Å². The fraction of sp³-hybridized carbons (Fsp3) is 0.235. The fourth-order valence-corrected chi connectivity index (χ4v) is 3.91. The van der Waals surface area contributed by atoms with E-state index in [1.807, 2.05) is 53.3 Å². The standard InChI is InChI=1S/C17H17N3O2S2/c1-3-20-16(12-6-8-13(22-2)9-7-12)18-19-17(20)24-11-14(21)15-5-4-10-23-15/h4-10H,3,11H2,1-2H3. The van der Waals surface area contributed by atoms with Crippen molar-refractivity contribution in [3.05, 3.63) is 46.7 Å². The Bertz CT molecular complexity index is 811. The third kappa shape index (κ3) is 3.52. The van der Waals surface area contributed by atoms with Crippen LogP contribution in [0, 0.1) is 0 Å². The van der Waals surface area contributed by atoms with Crippen LogP contribution in [0.15, 0.2) is 46.9 Å². The first kappa shape index (κ1) is 16.7. The summed E-state index contributed by atoms with van der Waals surface area (Å²) in [6.07, 6.45) is 0. The van der Waals surface area contributed by atoms with Gasteiger partial charge >= 0.3 is 0 Å². The normalized spacial score (nSPS) is 10.8. The van der Waals surface area contributed by atoms with Crippen LogP contribution in [-0.2, 0) is 6.54 Å². The van der Waals surface area contributed by atoms with Gasteiger partial charge in [-0.25, -0.2) is 0 Å². The molecule has 5 nitrogen and oxygen atoms in total. The Labute approximate surface area is 148 Å². The molecule has 7 heteroatoms. The van der Waals surface area contributed by atoms with E-state index in [1.54, 1.807) is 7.11 Å². The minimum absolute atomic E-state index is 0.117. The Morgan fingerprint density at radius 1 is 1.25 bits per heavy atom. The van der Waals surface area contributed by atoms with Crippen molar-refractivity contribution in [1.82, 2.24) is 14.8 Å². The highest BCUT2D eigenvalue weighted by Gasteiger charge is 2.15. The number of rotatable bonds is 7. The van der Waals surface area contributed by atoms with Gasteiger partial charge in [0.05, 0.1) is 17.7 Å². The lowest BCUT2D eigenvalue weighted by molar-refractivity contribution is 0.102. The molecule has 0 saturated heterocycles. The van der Waals surface area contributed by atoms with Gasteiger partial charge in [0.1, 0.15) is 5.75 Å². The number of ketones is 1. The number of thioether (sulfide) groups is 1. The number of methoxy groups -OCH3 is 1. The van der Waals surface area contributed by atoms with E-state index in [0.717, 1.165) is 33.7 Å². The Morgan fingerprint density at radius 3 is 2.67 bits per heavy atom. The topological polar surface area (TPSA) is 57.0 Å². The van der Waals surface area contributed by atoms with Crippen LogP contribution in [0.4, 0.5) is 0 Å². The number of Topliss-reactive ketones (excluding diaryl/α,β-unsaturated/α-hetero) is 1. The average molecular weight is 359 g/mol. The first-order valence-electron chi connectivity index (χ1n) is 7.50. The molecule has 1 aromatic carbocycles. The van der Waals surface area contributed by atoms with Crippen molar-refractivity contribution in [2.24, 2.45) is 0 Å². The van der Waals surface area contributed by atoms with Gasteiger partial charge in [0.25, 0.3) is 0 Å². The van der Waals surface area contributed by atoms with E-state index in [4.69, 9.17) is 4.74 Å². The van der Waals surface area contributed by atoms with Gasteiger partial charge in [-0.2, -0.15) is 0 Å². The number of thiophene rings is 1. The molecule has 2 heterocycles. The lowest BCUT2D eigenvalue weighted by Crippen LogP contribution is -2.03. The van der Waals surface area contributed by atoms with Gasteiger partial charge in [-0.1, -0.05) is 17.8 Å². The van der Waals surface area contributed by atoms with Gasteiger partial charge in [-0.15, -0.1) is 21.5 Å². The summed E-state index contributed by atoms with van der Waals surface area (Å²) in [6, 6.07) is 11.5. The van der Waals surface area contributed by atoms with E-state index in [1.165, 1.54) is 23.1 Å². The van der Waals surface area contributed by atoms with Crippen LogP contribution in [0.1, 0.15) is 16.6 Å². The quantitative estimate of drug-likeness (QED) is 0.471. The third-order valence-electron chi connectivity index (χ3n) is 3.51. The van der Waals surface area contributed by atoms with E-state index in [2.05, 4.69) is 10.2 Å². The SMILES string of the molecule is CCn1c(SCC(=O)c2cccs2)nnc1-c1ccc(OC)cc1. The minimum Gasteiger partial charge on any atom is -0.497 e. The molecule has 0 aliphatic carbocycles. The van der Waals surface area contributed by atoms with Gasteiger partial charge in [-0.3, -0.25) is 4.79 Å². The fourth-order valence-electron chi connectivity index (χ4n) is 2.27. The maximum atomic E-state index is 12.1. The van der Waals surface area contributed by atoms with E-state index in [0.29, 0.717) is 5.75 Å². The molecular formula is C17H17N3O2S2. The number of ether oxygens (including phenoxy) is 1. The number of hydrogen-bond acceptors (Lipinski definition) is 6. The minimum atomic E-state index is 0.117. The molecule has 0 spiro atoms. The van der Waals surface area contributed by atoms with Crippen LogP contribution in [0.2, 0.25) is 0 Å². The average Bonchev–Trinajstić information content (AvgIpc) is 3.29. The van der Waals surface area contributed by atoms with Crippen molar-refractivity contribution in [1.29, 1.82) is 0 Å². The number of carbonyl (C=O) groups is 1. The zero-order valence-electron chi connectivity index (χ0n) is 13.4. The summed E-state index contributed by atoms with van der Waals surface area (Å²) in [5.41, 5.74) is 0.974. The van der Waals surface area contributed by atoms with Crippen LogP contribution >= 0.6 is 23.1 Å². The molecule has 0 unspecified atom stereocenters. The highest BCUT2D eigenvalue weighted by molar-refractivity contribution is 7.99. The molecule has 0 saturated carbocycles. The zero-order valence-corrected chi connectivity index (χ0v) is 15.1. The summed E-state index contributed by atoms with van der Waals surface area (Å²) in [4.78, 5) is 12.9. The molecule has 124 valence electrons. The van der Waals surface area contributed by atoms with Crippen molar-refractivity contribution in [3.63, 3.8) is 0 Å². The second-order valence-corrected chi connectivity index (χ2v) is 6.86. The summed E-state index contributed by atoms with van der Waals surface area (Å²) in [5, 5.41) is 11.2. The summed E-state index contributed by atoms with van der Waals surface area (Å²) in [5.74, 6) is 2.08. The Kier molecular flexibility index (Phi) is 5.32. The van der Waals surface area contributed by atoms with E-state index >= 15 is 0 Å². The summed E-state index contributed by atoms with van der Waals surface area (Å²) in [6.45, 7) is 2.78. The van der Waals surface area contributed by atoms with Crippen molar-refractivity contribution >= 4 is 28.9 Å². The Hall–Kier alpha value is -2.12. The lowest BCUT2D eigenvalue weighted by atomic mass is 10.2. The van der Waals surface area contributed by atoms with Crippen molar-refractivity contribution in [3.8, 4) is 17.1 Å². The molecular weight excluding hydrogens is 342 g/mol. The number of carbonyl (C=O) groups excluding carboxylic acids is 1. The van der Waals surface area contributed by atoms with Crippen LogP contribution in [0.3, 0.4) is 0 Å². The maximum Gasteiger partial charge on any atom is 0.191 e. The van der Waals surface area contributed by atoms with Gasteiger partial charge in [0.2, 0.25) is 0 Å². The smallest absolute Gasteiger partial charge is 0.191 e. The van der Waals surface area contributed by atoms with Crippen molar-refractivity contribution in [2.75, 3.05) is 12.9 Å². The third-order valence-corrected chi connectivity index (χ3v) is 5.39. The highest BCUT2D eigenvalue weighted by atomic mass is 32.2. The first-order valence-corrected chi connectivity index (χ1v) is 9.36. The van der Waals surface area contributed by atoms with Gasteiger partial charge in [-0.05, 0) is 42.6 Å². The molecule has 0 bridgehead atoms. The predicted molar refractivity (Wildman–Crippen MR) is 97.1 cm³/mol. The Morgan fingerprint density at radius 2 is 2.04 bits per heavy atom. The maximum absolute atomic E-state index is 12.1. The molecule has 0 aliphatic rings. The molecule has 0 radical (unpaired) electrons. The molecule has 0 amide bonds. The van der Waals surface area contributed by atoms with Crippen LogP contribution < -0.4 is 4.74 Å². The Balaban J connectivity index is 1.77. The van der Waals surface area contributed by atoms with Crippen LogP contribution in [0.5, 0.6) is 5.75 Å². The number of benzene rings is 1.